The standard InChI is InChI=1S/C8H14BrN3O/c1-6-7(9)8(13)12(10-6)5-4-11(2)3/h10H,4-5H2,1-3H3. The third-order valence-corrected chi connectivity index (χ3v) is 2.77. The molecule has 1 rings (SSSR count). The summed E-state index contributed by atoms with van der Waals surface area (Å²) >= 11 is 3.23. The minimum atomic E-state index is 0.0133. The van der Waals surface area contributed by atoms with Crippen molar-refractivity contribution in [1.82, 2.24) is 14.7 Å². The number of rotatable bonds is 3. The van der Waals surface area contributed by atoms with Crippen LogP contribution in [0.1, 0.15) is 5.69 Å². The van der Waals surface area contributed by atoms with E-state index in [9.17, 15) is 4.79 Å². The number of aromatic nitrogens is 2. The van der Waals surface area contributed by atoms with Crippen LogP contribution in [0.25, 0.3) is 0 Å². The number of aryl methyl sites for hydroxylation is 1. The molecule has 0 saturated heterocycles. The van der Waals surface area contributed by atoms with Crippen LogP contribution in [-0.2, 0) is 6.54 Å². The van der Waals surface area contributed by atoms with Gasteiger partial charge in [0.2, 0.25) is 0 Å². The average molecular weight is 248 g/mol. The van der Waals surface area contributed by atoms with Gasteiger partial charge in [-0.25, -0.2) is 0 Å². The Balaban J connectivity index is 2.79. The van der Waals surface area contributed by atoms with Crippen LogP contribution >= 0.6 is 15.9 Å². The number of halogens is 1. The summed E-state index contributed by atoms with van der Waals surface area (Å²) in [7, 11) is 3.96. The maximum atomic E-state index is 11.5. The number of H-pyrrole nitrogens is 1. The van der Waals surface area contributed by atoms with E-state index in [0.29, 0.717) is 11.0 Å². The molecular weight excluding hydrogens is 234 g/mol. The molecule has 0 amide bonds. The molecule has 5 heteroatoms. The molecule has 0 spiro atoms. The van der Waals surface area contributed by atoms with E-state index in [-0.39, 0.29) is 5.56 Å². The molecule has 1 heterocycles. The lowest BCUT2D eigenvalue weighted by Gasteiger charge is -2.08. The minimum Gasteiger partial charge on any atom is -0.308 e. The molecule has 4 nitrogen and oxygen atoms in total. The number of nitrogens with one attached hydrogen (secondary N) is 1. The van der Waals surface area contributed by atoms with Gasteiger partial charge in [-0.2, -0.15) is 0 Å². The number of aromatic amines is 1. The van der Waals surface area contributed by atoms with Crippen LogP contribution < -0.4 is 5.56 Å². The lowest BCUT2D eigenvalue weighted by atomic mass is 10.5. The second kappa shape index (κ2) is 4.11. The van der Waals surface area contributed by atoms with Crippen LogP contribution in [0.2, 0.25) is 0 Å². The first-order valence-electron chi connectivity index (χ1n) is 4.12. The molecule has 0 aromatic carbocycles. The van der Waals surface area contributed by atoms with E-state index < -0.39 is 0 Å². The fraction of sp³-hybridized carbons (Fsp3) is 0.625. The summed E-state index contributed by atoms with van der Waals surface area (Å²) in [5.74, 6) is 0. The molecule has 0 saturated carbocycles. The zero-order valence-corrected chi connectivity index (χ0v) is 9.68. The third kappa shape index (κ3) is 2.45. The van der Waals surface area contributed by atoms with Crippen LogP contribution in [0.4, 0.5) is 0 Å². The third-order valence-electron chi connectivity index (χ3n) is 1.84. The van der Waals surface area contributed by atoms with Gasteiger partial charge in [-0.15, -0.1) is 0 Å². The Bertz CT molecular complexity index is 340. The van der Waals surface area contributed by atoms with Gasteiger partial charge >= 0.3 is 0 Å². The topological polar surface area (TPSA) is 41.0 Å². The summed E-state index contributed by atoms with van der Waals surface area (Å²) in [5, 5.41) is 3.00. The maximum Gasteiger partial charge on any atom is 0.281 e. The summed E-state index contributed by atoms with van der Waals surface area (Å²) in [6, 6.07) is 0. The quantitative estimate of drug-likeness (QED) is 0.859. The lowest BCUT2D eigenvalue weighted by molar-refractivity contribution is 0.369. The van der Waals surface area contributed by atoms with Gasteiger partial charge in [-0.1, -0.05) is 0 Å². The summed E-state index contributed by atoms with van der Waals surface area (Å²) in [6.45, 7) is 3.42. The van der Waals surface area contributed by atoms with Gasteiger partial charge in [0, 0.05) is 12.2 Å². The monoisotopic (exact) mass is 247 g/mol. The number of hydrogen-bond donors (Lipinski definition) is 1. The van der Waals surface area contributed by atoms with Gasteiger partial charge in [0.1, 0.15) is 4.47 Å². The SMILES string of the molecule is Cc1[nH]n(CCN(C)C)c(=O)c1Br. The van der Waals surface area contributed by atoms with Gasteiger partial charge in [0.25, 0.3) is 5.56 Å². The van der Waals surface area contributed by atoms with Gasteiger partial charge in [0.05, 0.1) is 6.54 Å². The van der Waals surface area contributed by atoms with Crippen LogP contribution in [0, 0.1) is 6.92 Å². The Morgan fingerprint density at radius 3 is 2.54 bits per heavy atom. The molecule has 0 aliphatic rings. The Morgan fingerprint density at radius 2 is 2.15 bits per heavy atom. The van der Waals surface area contributed by atoms with E-state index in [1.165, 1.54) is 0 Å². The van der Waals surface area contributed by atoms with Crippen molar-refractivity contribution in [2.24, 2.45) is 0 Å². The maximum absolute atomic E-state index is 11.5. The van der Waals surface area contributed by atoms with Crippen molar-refractivity contribution in [3.63, 3.8) is 0 Å². The number of hydrogen-bond acceptors (Lipinski definition) is 2. The smallest absolute Gasteiger partial charge is 0.281 e. The predicted molar refractivity (Wildman–Crippen MR) is 56.0 cm³/mol. The summed E-state index contributed by atoms with van der Waals surface area (Å²) in [4.78, 5) is 13.5. The Hall–Kier alpha value is -0.550. The van der Waals surface area contributed by atoms with Crippen LogP contribution in [0.5, 0.6) is 0 Å². The molecule has 0 bridgehead atoms. The van der Waals surface area contributed by atoms with Crippen molar-refractivity contribution in [3.8, 4) is 0 Å². The highest BCUT2D eigenvalue weighted by Crippen LogP contribution is 2.06. The van der Waals surface area contributed by atoms with Gasteiger partial charge < -0.3 is 4.90 Å². The molecule has 0 radical (unpaired) electrons. The van der Waals surface area contributed by atoms with Gasteiger partial charge in [0.15, 0.2) is 0 Å². The second-order valence-corrected chi connectivity index (χ2v) is 4.10. The molecule has 0 aliphatic carbocycles. The second-order valence-electron chi connectivity index (χ2n) is 3.31. The van der Waals surface area contributed by atoms with E-state index in [4.69, 9.17) is 0 Å². The molecule has 0 fully saturated rings. The van der Waals surface area contributed by atoms with E-state index >= 15 is 0 Å². The molecular formula is C8H14BrN3O. The predicted octanol–water partition coefficient (Wildman–Crippen LogP) is 0.809. The van der Waals surface area contributed by atoms with Crippen LogP contribution in [-0.4, -0.2) is 35.3 Å². The van der Waals surface area contributed by atoms with Crippen LogP contribution in [0.15, 0.2) is 9.27 Å². The highest BCUT2D eigenvalue weighted by Gasteiger charge is 2.06. The van der Waals surface area contributed by atoms with Crippen LogP contribution in [0.3, 0.4) is 0 Å². The Morgan fingerprint density at radius 1 is 1.54 bits per heavy atom. The minimum absolute atomic E-state index is 0.0133. The van der Waals surface area contributed by atoms with Crippen molar-refractivity contribution in [3.05, 3.63) is 20.5 Å². The van der Waals surface area contributed by atoms with Crippen molar-refractivity contribution >= 4 is 15.9 Å². The first-order chi connectivity index (χ1) is 6.02. The fourth-order valence-corrected chi connectivity index (χ4v) is 1.34. The molecule has 0 atom stereocenters. The van der Waals surface area contributed by atoms with Gasteiger partial charge in [-0.3, -0.25) is 14.6 Å². The van der Waals surface area contributed by atoms with Gasteiger partial charge in [-0.05, 0) is 36.9 Å². The summed E-state index contributed by atoms with van der Waals surface area (Å²) < 4.78 is 2.24. The van der Waals surface area contributed by atoms with Crippen molar-refractivity contribution in [2.75, 3.05) is 20.6 Å². The van der Waals surface area contributed by atoms with E-state index in [0.717, 1.165) is 12.2 Å². The fourth-order valence-electron chi connectivity index (χ4n) is 1.04. The van der Waals surface area contributed by atoms with E-state index in [2.05, 4.69) is 21.0 Å². The zero-order valence-electron chi connectivity index (χ0n) is 8.09. The normalized spacial score (nSPS) is 11.2. The van der Waals surface area contributed by atoms with Crippen molar-refractivity contribution < 1.29 is 0 Å². The highest BCUT2D eigenvalue weighted by atomic mass is 79.9. The van der Waals surface area contributed by atoms with Crippen molar-refractivity contribution in [1.29, 1.82) is 0 Å². The van der Waals surface area contributed by atoms with E-state index in [1.54, 1.807) is 4.68 Å². The largest absolute Gasteiger partial charge is 0.308 e. The molecule has 74 valence electrons. The zero-order chi connectivity index (χ0) is 10.0. The Labute approximate surface area is 85.7 Å². The molecule has 1 aromatic heterocycles. The first-order valence-corrected chi connectivity index (χ1v) is 4.91. The number of nitrogens with zero attached hydrogens (tertiary/aromatic N) is 2. The highest BCUT2D eigenvalue weighted by molar-refractivity contribution is 9.10. The molecule has 13 heavy (non-hydrogen) atoms. The summed E-state index contributed by atoms with van der Waals surface area (Å²) in [6.07, 6.45) is 0. The first kappa shape index (κ1) is 10.5. The molecule has 0 unspecified atom stereocenters. The average Bonchev–Trinajstić information content (AvgIpc) is 2.29. The molecule has 1 N–H and O–H groups in total. The number of likely N-dealkylation sites (N-methyl/N-ethyl adjacent to an activating group) is 1. The van der Waals surface area contributed by atoms with Crippen molar-refractivity contribution in [2.45, 2.75) is 13.5 Å². The Kier molecular flexibility index (Phi) is 3.33. The van der Waals surface area contributed by atoms with E-state index in [1.807, 2.05) is 25.9 Å². The summed E-state index contributed by atoms with van der Waals surface area (Å²) in [5.41, 5.74) is 0.892. The lowest BCUT2D eigenvalue weighted by Crippen LogP contribution is -2.25. The molecule has 0 aliphatic heterocycles. The molecule has 1 aromatic rings.